The number of hydrogen-bond donors (Lipinski definition) is 2. The number of hydrogen-bond acceptors (Lipinski definition) is 4. The molecule has 0 aliphatic heterocycles. The van der Waals surface area contributed by atoms with Gasteiger partial charge in [0.1, 0.15) is 5.82 Å². The SMILES string of the molecule is O=C(/C=C/c1ccc(F)cc1[N+](=O)[O-])NCCCO. The summed E-state index contributed by atoms with van der Waals surface area (Å²) in [4.78, 5) is 21.3. The molecule has 1 amide bonds. The molecule has 0 aliphatic rings. The molecular weight excluding hydrogens is 255 g/mol. The van der Waals surface area contributed by atoms with Crippen LogP contribution in [-0.4, -0.2) is 29.1 Å². The molecule has 7 heteroatoms. The van der Waals surface area contributed by atoms with Crippen LogP contribution in [0.25, 0.3) is 6.08 Å². The van der Waals surface area contributed by atoms with E-state index in [2.05, 4.69) is 5.32 Å². The van der Waals surface area contributed by atoms with E-state index in [1.807, 2.05) is 0 Å². The predicted molar refractivity (Wildman–Crippen MR) is 66.8 cm³/mol. The molecule has 0 atom stereocenters. The van der Waals surface area contributed by atoms with Gasteiger partial charge in [-0.05, 0) is 24.6 Å². The van der Waals surface area contributed by atoms with Crippen LogP contribution >= 0.6 is 0 Å². The molecule has 0 fully saturated rings. The molecule has 2 N–H and O–H groups in total. The van der Waals surface area contributed by atoms with Gasteiger partial charge < -0.3 is 10.4 Å². The summed E-state index contributed by atoms with van der Waals surface area (Å²) in [6.45, 7) is 0.276. The van der Waals surface area contributed by atoms with E-state index < -0.39 is 22.3 Å². The van der Waals surface area contributed by atoms with Crippen molar-refractivity contribution < 1.29 is 19.2 Å². The van der Waals surface area contributed by atoms with Gasteiger partial charge in [0.25, 0.3) is 5.69 Å². The van der Waals surface area contributed by atoms with Gasteiger partial charge in [-0.3, -0.25) is 14.9 Å². The van der Waals surface area contributed by atoms with Crippen LogP contribution in [0.3, 0.4) is 0 Å². The first kappa shape index (κ1) is 14.8. The highest BCUT2D eigenvalue weighted by atomic mass is 19.1. The number of aliphatic hydroxyl groups excluding tert-OH is 1. The van der Waals surface area contributed by atoms with Crippen LogP contribution in [0.4, 0.5) is 10.1 Å². The zero-order chi connectivity index (χ0) is 14.3. The first-order valence-electron chi connectivity index (χ1n) is 5.55. The molecule has 0 radical (unpaired) electrons. The average Bonchev–Trinajstić information content (AvgIpc) is 2.37. The van der Waals surface area contributed by atoms with Gasteiger partial charge in [-0.2, -0.15) is 0 Å². The van der Waals surface area contributed by atoms with Gasteiger partial charge in [0.05, 0.1) is 16.6 Å². The Kier molecular flexibility index (Phi) is 5.62. The number of aliphatic hydroxyl groups is 1. The highest BCUT2D eigenvalue weighted by Crippen LogP contribution is 2.20. The van der Waals surface area contributed by atoms with E-state index in [9.17, 15) is 19.3 Å². The monoisotopic (exact) mass is 268 g/mol. The van der Waals surface area contributed by atoms with Gasteiger partial charge in [0.2, 0.25) is 5.91 Å². The molecule has 0 unspecified atom stereocenters. The van der Waals surface area contributed by atoms with Crippen LogP contribution < -0.4 is 5.32 Å². The summed E-state index contributed by atoms with van der Waals surface area (Å²) in [5.41, 5.74) is -0.261. The third-order valence-corrected chi connectivity index (χ3v) is 2.24. The lowest BCUT2D eigenvalue weighted by molar-refractivity contribution is -0.385. The number of nitro benzene ring substituents is 1. The third-order valence-electron chi connectivity index (χ3n) is 2.24. The summed E-state index contributed by atoms with van der Waals surface area (Å²) < 4.78 is 12.9. The zero-order valence-electron chi connectivity index (χ0n) is 10.0. The lowest BCUT2D eigenvalue weighted by atomic mass is 10.1. The van der Waals surface area contributed by atoms with Crippen molar-refractivity contribution >= 4 is 17.7 Å². The minimum atomic E-state index is -0.716. The molecular formula is C12H13FN2O4. The van der Waals surface area contributed by atoms with Crippen molar-refractivity contribution in [2.45, 2.75) is 6.42 Å². The first-order valence-corrected chi connectivity index (χ1v) is 5.55. The summed E-state index contributed by atoms with van der Waals surface area (Å²) in [5, 5.41) is 21.7. The van der Waals surface area contributed by atoms with Crippen LogP contribution in [0.5, 0.6) is 0 Å². The Morgan fingerprint density at radius 3 is 2.89 bits per heavy atom. The van der Waals surface area contributed by atoms with Gasteiger partial charge in [0, 0.05) is 19.2 Å². The summed E-state index contributed by atoms with van der Waals surface area (Å²) in [6.07, 6.45) is 2.79. The van der Waals surface area contributed by atoms with Crippen molar-refractivity contribution in [3.8, 4) is 0 Å². The fourth-order valence-corrected chi connectivity index (χ4v) is 1.33. The van der Waals surface area contributed by atoms with Crippen molar-refractivity contribution in [3.63, 3.8) is 0 Å². The number of nitrogens with one attached hydrogen (secondary N) is 1. The first-order chi connectivity index (χ1) is 9.04. The van der Waals surface area contributed by atoms with Crippen LogP contribution in [0, 0.1) is 15.9 Å². The number of benzene rings is 1. The van der Waals surface area contributed by atoms with Gasteiger partial charge >= 0.3 is 0 Å². The molecule has 0 heterocycles. The maximum Gasteiger partial charge on any atom is 0.279 e. The average molecular weight is 268 g/mol. The van der Waals surface area contributed by atoms with Crippen molar-refractivity contribution in [2.24, 2.45) is 0 Å². The van der Waals surface area contributed by atoms with E-state index in [-0.39, 0.29) is 12.2 Å². The van der Waals surface area contributed by atoms with Crippen molar-refractivity contribution in [2.75, 3.05) is 13.2 Å². The standard InChI is InChI=1S/C12H13FN2O4/c13-10-4-2-9(11(8-10)15(18)19)3-5-12(17)14-6-1-7-16/h2-5,8,16H,1,6-7H2,(H,14,17)/b5-3+. The number of nitrogens with zero attached hydrogens (tertiary/aromatic N) is 1. The second-order valence-corrected chi connectivity index (χ2v) is 3.66. The molecule has 0 aliphatic carbocycles. The molecule has 19 heavy (non-hydrogen) atoms. The molecule has 0 aromatic heterocycles. The Balaban J connectivity index is 2.76. The number of halogens is 1. The van der Waals surface area contributed by atoms with Crippen molar-refractivity contribution in [1.29, 1.82) is 0 Å². The summed E-state index contributed by atoms with van der Waals surface area (Å²) in [6, 6.07) is 3.10. The molecule has 0 saturated carbocycles. The second kappa shape index (κ2) is 7.22. The predicted octanol–water partition coefficient (Wildman–Crippen LogP) is 1.25. The Hall–Kier alpha value is -2.28. The molecule has 1 aromatic rings. The summed E-state index contributed by atoms with van der Waals surface area (Å²) >= 11 is 0. The normalized spacial score (nSPS) is 10.6. The highest BCUT2D eigenvalue weighted by molar-refractivity contribution is 5.92. The highest BCUT2D eigenvalue weighted by Gasteiger charge is 2.12. The smallest absolute Gasteiger partial charge is 0.279 e. The van der Waals surface area contributed by atoms with Crippen LogP contribution in [0.15, 0.2) is 24.3 Å². The van der Waals surface area contributed by atoms with E-state index in [0.29, 0.717) is 13.0 Å². The molecule has 0 spiro atoms. The second-order valence-electron chi connectivity index (χ2n) is 3.66. The summed E-state index contributed by atoms with van der Waals surface area (Å²) in [7, 11) is 0. The van der Waals surface area contributed by atoms with Crippen LogP contribution in [0.1, 0.15) is 12.0 Å². The maximum absolute atomic E-state index is 12.9. The van der Waals surface area contributed by atoms with Gasteiger partial charge in [-0.25, -0.2) is 4.39 Å². The number of amides is 1. The van der Waals surface area contributed by atoms with Gasteiger partial charge in [-0.15, -0.1) is 0 Å². The van der Waals surface area contributed by atoms with E-state index in [0.717, 1.165) is 18.2 Å². The quantitative estimate of drug-likeness (QED) is 0.351. The molecule has 1 rings (SSSR count). The largest absolute Gasteiger partial charge is 0.396 e. The number of carbonyl (C=O) groups is 1. The molecule has 0 bridgehead atoms. The third kappa shape index (κ3) is 4.84. The molecule has 102 valence electrons. The summed E-state index contributed by atoms with van der Waals surface area (Å²) in [5.74, 6) is -1.15. The molecule has 1 aromatic carbocycles. The van der Waals surface area contributed by atoms with Crippen LogP contribution in [0.2, 0.25) is 0 Å². The van der Waals surface area contributed by atoms with E-state index in [1.54, 1.807) is 0 Å². The topological polar surface area (TPSA) is 92.5 Å². The number of rotatable bonds is 6. The fourth-order valence-electron chi connectivity index (χ4n) is 1.33. The number of nitro groups is 1. The fraction of sp³-hybridized carbons (Fsp3) is 0.250. The van der Waals surface area contributed by atoms with Crippen molar-refractivity contribution in [3.05, 3.63) is 45.8 Å². The van der Waals surface area contributed by atoms with Gasteiger partial charge in [0.15, 0.2) is 0 Å². The van der Waals surface area contributed by atoms with E-state index in [1.165, 1.54) is 12.1 Å². The van der Waals surface area contributed by atoms with Gasteiger partial charge in [-0.1, -0.05) is 0 Å². The lowest BCUT2D eigenvalue weighted by Gasteiger charge is -2.00. The maximum atomic E-state index is 12.9. The number of carbonyl (C=O) groups excluding carboxylic acids is 1. The Labute approximate surface area is 108 Å². The molecule has 0 saturated heterocycles. The lowest BCUT2D eigenvalue weighted by Crippen LogP contribution is -2.22. The Morgan fingerprint density at radius 2 is 2.26 bits per heavy atom. The Bertz CT molecular complexity index is 503. The minimum absolute atomic E-state index is 0.0343. The van der Waals surface area contributed by atoms with E-state index >= 15 is 0 Å². The van der Waals surface area contributed by atoms with Crippen molar-refractivity contribution in [1.82, 2.24) is 5.32 Å². The zero-order valence-corrected chi connectivity index (χ0v) is 10.0. The van der Waals surface area contributed by atoms with E-state index in [4.69, 9.17) is 5.11 Å². The minimum Gasteiger partial charge on any atom is -0.396 e. The van der Waals surface area contributed by atoms with Crippen LogP contribution in [-0.2, 0) is 4.79 Å². The molecule has 6 nitrogen and oxygen atoms in total. The Morgan fingerprint density at radius 1 is 1.53 bits per heavy atom.